The van der Waals surface area contributed by atoms with Crippen LogP contribution in [0.3, 0.4) is 0 Å². The SMILES string of the molecule is CC(C)CC(C)Nc1ccc(Br)c([N+](=O)[O-])c1. The van der Waals surface area contributed by atoms with E-state index in [4.69, 9.17) is 0 Å². The quantitative estimate of drug-likeness (QED) is 0.655. The Morgan fingerprint density at radius 2 is 2.06 bits per heavy atom. The van der Waals surface area contributed by atoms with Crippen molar-refractivity contribution in [1.29, 1.82) is 0 Å². The molecule has 1 atom stereocenters. The molecular weight excluding hydrogens is 284 g/mol. The Kier molecular flexibility index (Phi) is 4.93. The van der Waals surface area contributed by atoms with Crippen LogP contribution in [0.25, 0.3) is 0 Å². The average Bonchev–Trinajstić information content (AvgIpc) is 2.19. The number of anilines is 1. The highest BCUT2D eigenvalue weighted by molar-refractivity contribution is 9.10. The summed E-state index contributed by atoms with van der Waals surface area (Å²) in [6.45, 7) is 6.39. The molecule has 4 nitrogen and oxygen atoms in total. The molecule has 1 aromatic rings. The molecule has 1 N–H and O–H groups in total. The van der Waals surface area contributed by atoms with Crippen LogP contribution in [-0.2, 0) is 0 Å². The van der Waals surface area contributed by atoms with E-state index in [1.165, 1.54) is 0 Å². The second-order valence-electron chi connectivity index (χ2n) is 4.60. The van der Waals surface area contributed by atoms with Gasteiger partial charge in [0, 0.05) is 17.8 Å². The predicted octanol–water partition coefficient (Wildman–Crippen LogP) is 4.20. The van der Waals surface area contributed by atoms with Crippen molar-refractivity contribution in [2.24, 2.45) is 5.92 Å². The van der Waals surface area contributed by atoms with Crippen molar-refractivity contribution in [3.05, 3.63) is 32.8 Å². The van der Waals surface area contributed by atoms with E-state index in [2.05, 4.69) is 42.0 Å². The summed E-state index contributed by atoms with van der Waals surface area (Å²) in [4.78, 5) is 10.4. The predicted molar refractivity (Wildman–Crippen MR) is 73.3 cm³/mol. The monoisotopic (exact) mass is 300 g/mol. The van der Waals surface area contributed by atoms with Gasteiger partial charge < -0.3 is 5.32 Å². The Balaban J connectivity index is 2.79. The maximum absolute atomic E-state index is 10.8. The fraction of sp³-hybridized carbons (Fsp3) is 0.500. The van der Waals surface area contributed by atoms with Crippen LogP contribution in [0, 0.1) is 16.0 Å². The van der Waals surface area contributed by atoms with Crippen LogP contribution in [0.4, 0.5) is 11.4 Å². The number of hydrogen-bond donors (Lipinski definition) is 1. The van der Waals surface area contributed by atoms with Gasteiger partial charge in [0.05, 0.1) is 9.40 Å². The van der Waals surface area contributed by atoms with E-state index in [0.29, 0.717) is 16.4 Å². The summed E-state index contributed by atoms with van der Waals surface area (Å²) in [5, 5.41) is 14.1. The van der Waals surface area contributed by atoms with Crippen LogP contribution in [0.5, 0.6) is 0 Å². The molecule has 94 valence electrons. The molecule has 1 aromatic carbocycles. The second kappa shape index (κ2) is 6.00. The lowest BCUT2D eigenvalue weighted by atomic mass is 10.1. The number of nitro benzene ring substituents is 1. The lowest BCUT2D eigenvalue weighted by Gasteiger charge is -2.17. The summed E-state index contributed by atoms with van der Waals surface area (Å²) in [5.41, 5.74) is 0.875. The van der Waals surface area contributed by atoms with Crippen molar-refractivity contribution in [3.8, 4) is 0 Å². The van der Waals surface area contributed by atoms with Crippen molar-refractivity contribution in [2.45, 2.75) is 33.2 Å². The topological polar surface area (TPSA) is 55.2 Å². The number of nitro groups is 1. The minimum absolute atomic E-state index is 0.0896. The van der Waals surface area contributed by atoms with Crippen molar-refractivity contribution < 1.29 is 4.92 Å². The third-order valence-electron chi connectivity index (χ3n) is 2.38. The molecule has 0 spiro atoms. The molecule has 5 heteroatoms. The highest BCUT2D eigenvalue weighted by Gasteiger charge is 2.13. The van der Waals surface area contributed by atoms with E-state index in [9.17, 15) is 10.1 Å². The van der Waals surface area contributed by atoms with Crippen LogP contribution in [0.1, 0.15) is 27.2 Å². The van der Waals surface area contributed by atoms with Gasteiger partial charge in [0.2, 0.25) is 0 Å². The number of nitrogens with one attached hydrogen (secondary N) is 1. The Morgan fingerprint density at radius 1 is 1.41 bits per heavy atom. The first-order valence-corrected chi connectivity index (χ1v) is 6.40. The maximum atomic E-state index is 10.8. The Labute approximate surface area is 110 Å². The van der Waals surface area contributed by atoms with E-state index in [-0.39, 0.29) is 10.6 Å². The summed E-state index contributed by atoms with van der Waals surface area (Å²) >= 11 is 3.17. The zero-order valence-corrected chi connectivity index (χ0v) is 11.8. The highest BCUT2D eigenvalue weighted by Crippen LogP contribution is 2.28. The van der Waals surface area contributed by atoms with Crippen LogP contribution in [0.2, 0.25) is 0 Å². The minimum atomic E-state index is -0.387. The van der Waals surface area contributed by atoms with Gasteiger partial charge in [-0.1, -0.05) is 13.8 Å². The molecule has 0 aliphatic heterocycles. The van der Waals surface area contributed by atoms with E-state index in [1.807, 2.05) is 6.07 Å². The smallest absolute Gasteiger partial charge is 0.285 e. The summed E-state index contributed by atoms with van der Waals surface area (Å²) in [6, 6.07) is 5.40. The molecule has 0 saturated heterocycles. The Hall–Kier alpha value is -1.10. The molecule has 0 fully saturated rings. The molecule has 17 heavy (non-hydrogen) atoms. The largest absolute Gasteiger partial charge is 0.382 e. The van der Waals surface area contributed by atoms with Gasteiger partial charge in [-0.3, -0.25) is 10.1 Å². The number of benzene rings is 1. The molecule has 0 bridgehead atoms. The van der Waals surface area contributed by atoms with Crippen LogP contribution >= 0.6 is 15.9 Å². The van der Waals surface area contributed by atoms with E-state index < -0.39 is 0 Å². The number of nitrogens with zero attached hydrogens (tertiary/aromatic N) is 1. The van der Waals surface area contributed by atoms with E-state index in [1.54, 1.807) is 12.1 Å². The summed E-state index contributed by atoms with van der Waals surface area (Å²) in [7, 11) is 0. The highest BCUT2D eigenvalue weighted by atomic mass is 79.9. The van der Waals surface area contributed by atoms with Crippen molar-refractivity contribution >= 4 is 27.3 Å². The number of halogens is 1. The molecule has 0 saturated carbocycles. The zero-order chi connectivity index (χ0) is 13.0. The first-order chi connectivity index (χ1) is 7.90. The van der Waals surface area contributed by atoms with Crippen LogP contribution in [-0.4, -0.2) is 11.0 Å². The van der Waals surface area contributed by atoms with E-state index in [0.717, 1.165) is 12.1 Å². The van der Waals surface area contributed by atoms with Crippen LogP contribution < -0.4 is 5.32 Å². The first kappa shape index (κ1) is 14.0. The molecule has 1 rings (SSSR count). The summed E-state index contributed by atoms with van der Waals surface area (Å²) in [5.74, 6) is 0.600. The van der Waals surface area contributed by atoms with Crippen molar-refractivity contribution in [3.63, 3.8) is 0 Å². The second-order valence-corrected chi connectivity index (χ2v) is 5.45. The summed E-state index contributed by atoms with van der Waals surface area (Å²) < 4.78 is 0.504. The standard InChI is InChI=1S/C12H17BrN2O2/c1-8(2)6-9(3)14-10-4-5-11(13)12(7-10)15(16)17/h4-5,7-9,14H,6H2,1-3H3. The normalized spacial score (nSPS) is 12.5. The number of rotatable bonds is 5. The summed E-state index contributed by atoms with van der Waals surface area (Å²) in [6.07, 6.45) is 1.03. The minimum Gasteiger partial charge on any atom is -0.382 e. The molecule has 0 aromatic heterocycles. The van der Waals surface area contributed by atoms with Gasteiger partial charge in [-0.25, -0.2) is 0 Å². The first-order valence-electron chi connectivity index (χ1n) is 5.60. The van der Waals surface area contributed by atoms with Gasteiger partial charge in [-0.2, -0.15) is 0 Å². The maximum Gasteiger partial charge on any atom is 0.285 e. The molecule has 0 radical (unpaired) electrons. The lowest BCUT2D eigenvalue weighted by molar-refractivity contribution is -0.385. The molecule has 0 aliphatic rings. The molecule has 0 heterocycles. The van der Waals surface area contributed by atoms with Gasteiger partial charge in [0.25, 0.3) is 5.69 Å². The van der Waals surface area contributed by atoms with Gasteiger partial charge >= 0.3 is 0 Å². The molecule has 1 unspecified atom stereocenters. The number of hydrogen-bond acceptors (Lipinski definition) is 3. The van der Waals surface area contributed by atoms with Gasteiger partial charge in [0.15, 0.2) is 0 Å². The molecule has 0 aliphatic carbocycles. The average molecular weight is 301 g/mol. The fourth-order valence-corrected chi connectivity index (χ4v) is 2.18. The van der Waals surface area contributed by atoms with Crippen LogP contribution in [0.15, 0.2) is 22.7 Å². The van der Waals surface area contributed by atoms with E-state index >= 15 is 0 Å². The zero-order valence-electron chi connectivity index (χ0n) is 10.2. The van der Waals surface area contributed by atoms with Gasteiger partial charge in [-0.15, -0.1) is 0 Å². The Morgan fingerprint density at radius 3 is 2.59 bits per heavy atom. The third kappa shape index (κ3) is 4.34. The van der Waals surface area contributed by atoms with Gasteiger partial charge in [-0.05, 0) is 47.3 Å². The fourth-order valence-electron chi connectivity index (χ4n) is 1.79. The lowest BCUT2D eigenvalue weighted by Crippen LogP contribution is -2.17. The third-order valence-corrected chi connectivity index (χ3v) is 3.05. The molecule has 0 amide bonds. The van der Waals surface area contributed by atoms with Crippen molar-refractivity contribution in [1.82, 2.24) is 0 Å². The molecular formula is C12H17BrN2O2. The van der Waals surface area contributed by atoms with Crippen molar-refractivity contribution in [2.75, 3.05) is 5.32 Å². The Bertz CT molecular complexity index is 407. The van der Waals surface area contributed by atoms with Gasteiger partial charge in [0.1, 0.15) is 0 Å².